The van der Waals surface area contributed by atoms with Crippen LogP contribution < -0.4 is 27.0 Å². The van der Waals surface area contributed by atoms with Gasteiger partial charge in [-0.2, -0.15) is 8.42 Å². The highest BCUT2D eigenvalue weighted by molar-refractivity contribution is 7.85. The lowest BCUT2D eigenvalue weighted by atomic mass is 9.98. The van der Waals surface area contributed by atoms with E-state index in [1.54, 1.807) is 38.1 Å². The Morgan fingerprint density at radius 3 is 2.02 bits per heavy atom. The molecule has 0 bridgehead atoms. The zero-order valence-corrected chi connectivity index (χ0v) is 27.8. The summed E-state index contributed by atoms with van der Waals surface area (Å²) in [7, 11) is -3.62. The number of hydrogen-bond donors (Lipinski definition) is 5. The minimum atomic E-state index is -3.62. The molecule has 0 spiro atoms. The normalized spacial score (nSPS) is 13.5. The Hall–Kier alpha value is -4.95. The molecule has 1 aliphatic rings. The Morgan fingerprint density at radius 2 is 1.46 bits per heavy atom. The molecular formula is C34H41N5O8S. The third-order valence-corrected chi connectivity index (χ3v) is 8.38. The molecule has 0 radical (unpaired) electrons. The van der Waals surface area contributed by atoms with E-state index < -0.39 is 46.1 Å². The standard InChI is InChI=1S/C34H41N5O8S/c1-21(2)30(39-34(43)46-20-28-26-11-6-4-9-24(26)25-10-5-7-12-27(25)28)32(41)38-29(13-8-18-36-33(35)42)31(40)37-23-16-14-22(15-17-23)19-47-48(3,44)45/h4-7,9-12,14-17,21,28-30H,8,13,18-20H2,1-3H3,(H,37,40)(H,38,41)(H,39,43)(H3,35,36,42)/t29-,30-/m0/s1. The maximum absolute atomic E-state index is 13.5. The van der Waals surface area contributed by atoms with Gasteiger partial charge in [0.25, 0.3) is 10.1 Å². The first kappa shape index (κ1) is 35.9. The topological polar surface area (TPSA) is 195 Å². The van der Waals surface area contributed by atoms with Crippen molar-refractivity contribution in [2.24, 2.45) is 11.7 Å². The van der Waals surface area contributed by atoms with Gasteiger partial charge in [-0.05, 0) is 58.7 Å². The van der Waals surface area contributed by atoms with Gasteiger partial charge in [0, 0.05) is 18.2 Å². The first-order valence-corrected chi connectivity index (χ1v) is 17.3. The molecule has 4 rings (SSSR count). The summed E-state index contributed by atoms with van der Waals surface area (Å²) < 4.78 is 33.0. The number of nitrogens with one attached hydrogen (secondary N) is 4. The quantitative estimate of drug-likeness (QED) is 0.119. The molecule has 0 unspecified atom stereocenters. The van der Waals surface area contributed by atoms with E-state index in [1.807, 2.05) is 48.5 Å². The van der Waals surface area contributed by atoms with Crippen LogP contribution in [0.25, 0.3) is 11.1 Å². The van der Waals surface area contributed by atoms with Gasteiger partial charge >= 0.3 is 12.1 Å². The molecule has 0 saturated heterocycles. The first-order chi connectivity index (χ1) is 22.8. The zero-order chi connectivity index (χ0) is 34.8. The Balaban J connectivity index is 1.39. The lowest BCUT2D eigenvalue weighted by Gasteiger charge is -2.25. The van der Waals surface area contributed by atoms with E-state index in [0.29, 0.717) is 17.7 Å². The number of rotatable bonds is 15. The molecule has 48 heavy (non-hydrogen) atoms. The van der Waals surface area contributed by atoms with E-state index in [4.69, 9.17) is 14.7 Å². The molecule has 0 saturated carbocycles. The van der Waals surface area contributed by atoms with Gasteiger partial charge in [0.1, 0.15) is 18.7 Å². The maximum atomic E-state index is 13.5. The van der Waals surface area contributed by atoms with Crippen LogP contribution in [0.3, 0.4) is 0 Å². The molecule has 0 heterocycles. The fourth-order valence-corrected chi connectivity index (χ4v) is 5.79. The average Bonchev–Trinajstić information content (AvgIpc) is 3.36. The number of fused-ring (bicyclic) bond motifs is 3. The number of carbonyl (C=O) groups excluding carboxylic acids is 4. The predicted molar refractivity (Wildman–Crippen MR) is 180 cm³/mol. The molecule has 2 atom stereocenters. The fourth-order valence-electron chi connectivity index (χ4n) is 5.44. The van der Waals surface area contributed by atoms with Crippen LogP contribution in [-0.4, -0.2) is 63.8 Å². The van der Waals surface area contributed by atoms with Crippen molar-refractivity contribution in [3.8, 4) is 11.1 Å². The molecule has 0 aliphatic heterocycles. The van der Waals surface area contributed by atoms with Crippen LogP contribution in [0.1, 0.15) is 49.3 Å². The van der Waals surface area contributed by atoms with Crippen molar-refractivity contribution in [3.05, 3.63) is 89.5 Å². The van der Waals surface area contributed by atoms with Gasteiger partial charge in [0.2, 0.25) is 11.8 Å². The molecular weight excluding hydrogens is 638 g/mol. The fraction of sp³-hybridized carbons (Fsp3) is 0.353. The molecule has 0 fully saturated rings. The van der Waals surface area contributed by atoms with E-state index in [2.05, 4.69) is 21.3 Å². The van der Waals surface area contributed by atoms with Gasteiger partial charge in [-0.25, -0.2) is 9.59 Å². The van der Waals surface area contributed by atoms with Crippen LogP contribution >= 0.6 is 0 Å². The average molecular weight is 680 g/mol. The van der Waals surface area contributed by atoms with Crippen molar-refractivity contribution >= 4 is 39.7 Å². The van der Waals surface area contributed by atoms with Crippen LogP contribution in [-0.2, 0) is 35.2 Å². The summed E-state index contributed by atoms with van der Waals surface area (Å²) in [6.45, 7) is 3.61. The summed E-state index contributed by atoms with van der Waals surface area (Å²) in [5, 5.41) is 10.6. The summed E-state index contributed by atoms with van der Waals surface area (Å²) in [4.78, 5) is 51.0. The second-order valence-electron chi connectivity index (χ2n) is 11.8. The minimum absolute atomic E-state index is 0.0728. The van der Waals surface area contributed by atoms with Gasteiger partial charge in [-0.1, -0.05) is 74.5 Å². The van der Waals surface area contributed by atoms with Crippen molar-refractivity contribution in [2.75, 3.05) is 24.7 Å². The van der Waals surface area contributed by atoms with Crippen LogP contribution in [0.15, 0.2) is 72.8 Å². The van der Waals surface area contributed by atoms with Crippen molar-refractivity contribution in [1.82, 2.24) is 16.0 Å². The number of carbonyl (C=O) groups is 4. The molecule has 14 heteroatoms. The van der Waals surface area contributed by atoms with Gasteiger partial charge in [-0.3, -0.25) is 13.8 Å². The van der Waals surface area contributed by atoms with E-state index in [0.717, 1.165) is 28.5 Å². The van der Waals surface area contributed by atoms with Crippen LogP contribution in [0.4, 0.5) is 15.3 Å². The van der Waals surface area contributed by atoms with Gasteiger partial charge < -0.3 is 31.7 Å². The molecule has 6 N–H and O–H groups in total. The number of nitrogens with two attached hydrogens (primary N) is 1. The molecule has 3 aromatic rings. The van der Waals surface area contributed by atoms with Gasteiger partial charge in [-0.15, -0.1) is 0 Å². The van der Waals surface area contributed by atoms with Crippen LogP contribution in [0.2, 0.25) is 0 Å². The molecule has 5 amide bonds. The van der Waals surface area contributed by atoms with Crippen molar-refractivity contribution in [1.29, 1.82) is 0 Å². The zero-order valence-electron chi connectivity index (χ0n) is 27.0. The van der Waals surface area contributed by atoms with E-state index in [9.17, 15) is 27.6 Å². The molecule has 13 nitrogen and oxygen atoms in total. The highest BCUT2D eigenvalue weighted by Gasteiger charge is 2.32. The van der Waals surface area contributed by atoms with Crippen molar-refractivity contribution in [3.63, 3.8) is 0 Å². The number of ether oxygens (including phenoxy) is 1. The lowest BCUT2D eigenvalue weighted by molar-refractivity contribution is -0.128. The maximum Gasteiger partial charge on any atom is 0.407 e. The number of hydrogen-bond acceptors (Lipinski definition) is 8. The highest BCUT2D eigenvalue weighted by atomic mass is 32.2. The predicted octanol–water partition coefficient (Wildman–Crippen LogP) is 3.60. The number of anilines is 1. The number of primary amides is 1. The number of alkyl carbamates (subject to hydrolysis) is 1. The minimum Gasteiger partial charge on any atom is -0.449 e. The summed E-state index contributed by atoms with van der Waals surface area (Å²) >= 11 is 0. The largest absolute Gasteiger partial charge is 0.449 e. The monoisotopic (exact) mass is 679 g/mol. The first-order valence-electron chi connectivity index (χ1n) is 15.5. The molecule has 0 aromatic heterocycles. The SMILES string of the molecule is CC(C)[C@H](NC(=O)OCC1c2ccccc2-c2ccccc21)C(=O)N[C@@H](CCCNC(N)=O)C(=O)Nc1ccc(COS(C)(=O)=O)cc1. The summed E-state index contributed by atoms with van der Waals surface area (Å²) in [5.74, 6) is -1.63. The second-order valence-corrected chi connectivity index (χ2v) is 13.5. The van der Waals surface area contributed by atoms with Crippen LogP contribution in [0, 0.1) is 5.92 Å². The van der Waals surface area contributed by atoms with Crippen molar-refractivity contribution < 1.29 is 36.5 Å². The van der Waals surface area contributed by atoms with Gasteiger partial charge in [0.05, 0.1) is 12.9 Å². The second kappa shape index (κ2) is 16.2. The Bertz CT molecular complexity index is 1680. The summed E-state index contributed by atoms with van der Waals surface area (Å²) in [5.41, 5.74) is 10.4. The van der Waals surface area contributed by atoms with Gasteiger partial charge in [0.15, 0.2) is 0 Å². The number of benzene rings is 3. The molecule has 3 aromatic carbocycles. The summed E-state index contributed by atoms with van der Waals surface area (Å²) in [6.07, 6.45) is 0.646. The number of amides is 5. The van der Waals surface area contributed by atoms with Crippen molar-refractivity contribution in [2.45, 2.75) is 51.3 Å². The Labute approximate surface area is 280 Å². The van der Waals surface area contributed by atoms with E-state index in [-0.39, 0.29) is 38.0 Å². The molecule has 1 aliphatic carbocycles. The molecule has 256 valence electrons. The smallest absolute Gasteiger partial charge is 0.407 e. The third-order valence-electron chi connectivity index (χ3n) is 7.83. The summed E-state index contributed by atoms with van der Waals surface area (Å²) in [6, 6.07) is 19.5. The highest BCUT2D eigenvalue weighted by Crippen LogP contribution is 2.44. The number of urea groups is 1. The Morgan fingerprint density at radius 1 is 0.854 bits per heavy atom. The third kappa shape index (κ3) is 10.0. The lowest BCUT2D eigenvalue weighted by Crippen LogP contribution is -2.54. The van der Waals surface area contributed by atoms with E-state index >= 15 is 0 Å². The van der Waals surface area contributed by atoms with Crippen LogP contribution in [0.5, 0.6) is 0 Å². The Kier molecular flexibility index (Phi) is 12.1. The van der Waals surface area contributed by atoms with E-state index in [1.165, 1.54) is 0 Å².